The highest BCUT2D eigenvalue weighted by atomic mass is 16.4. The highest BCUT2D eigenvalue weighted by molar-refractivity contribution is 5.85. The van der Waals surface area contributed by atoms with Crippen LogP contribution in [0.1, 0.15) is 42.9 Å². The number of piperidine rings is 1. The highest BCUT2D eigenvalue weighted by Crippen LogP contribution is 2.22. The topological polar surface area (TPSA) is 53.4 Å². The predicted molar refractivity (Wildman–Crippen MR) is 69.5 cm³/mol. The summed E-state index contributed by atoms with van der Waals surface area (Å²) in [6.45, 7) is 6.31. The van der Waals surface area contributed by atoms with E-state index in [2.05, 4.69) is 23.7 Å². The zero-order valence-electron chi connectivity index (χ0n) is 11.0. The number of carboxylic acids is 1. The summed E-state index contributed by atoms with van der Waals surface area (Å²) >= 11 is 0. The summed E-state index contributed by atoms with van der Waals surface area (Å²) in [6, 6.07) is 5.76. The smallest absolute Gasteiger partial charge is 0.354 e. The summed E-state index contributed by atoms with van der Waals surface area (Å²) in [7, 11) is 0. The summed E-state index contributed by atoms with van der Waals surface area (Å²) in [5.74, 6) is -0.249. The molecule has 1 aliphatic rings. The fraction of sp³-hybridized carbons (Fsp3) is 0.571. The lowest BCUT2D eigenvalue weighted by atomic mass is 9.95. The normalized spacial score (nSPS) is 25.0. The molecule has 2 heterocycles. The maximum Gasteiger partial charge on any atom is 0.354 e. The number of pyridine rings is 1. The number of hydrogen-bond donors (Lipinski definition) is 1. The Balaban J connectivity index is 2.08. The van der Waals surface area contributed by atoms with Crippen molar-refractivity contribution in [2.45, 2.75) is 39.3 Å². The zero-order chi connectivity index (χ0) is 13.1. The van der Waals surface area contributed by atoms with Crippen LogP contribution in [0.5, 0.6) is 0 Å². The van der Waals surface area contributed by atoms with Crippen molar-refractivity contribution in [3.05, 3.63) is 29.6 Å². The van der Waals surface area contributed by atoms with E-state index >= 15 is 0 Å². The van der Waals surface area contributed by atoms with Crippen molar-refractivity contribution in [1.82, 2.24) is 9.88 Å². The first-order valence-corrected chi connectivity index (χ1v) is 6.49. The van der Waals surface area contributed by atoms with Gasteiger partial charge in [-0.15, -0.1) is 0 Å². The van der Waals surface area contributed by atoms with Crippen LogP contribution in [0.3, 0.4) is 0 Å². The van der Waals surface area contributed by atoms with Crippen molar-refractivity contribution >= 4 is 5.97 Å². The second-order valence-electron chi connectivity index (χ2n) is 5.28. The molecule has 2 rings (SSSR count). The minimum atomic E-state index is -0.961. The minimum absolute atomic E-state index is 0.130. The van der Waals surface area contributed by atoms with Gasteiger partial charge in [-0.1, -0.05) is 13.0 Å². The van der Waals surface area contributed by atoms with Gasteiger partial charge in [0, 0.05) is 19.1 Å². The highest BCUT2D eigenvalue weighted by Gasteiger charge is 2.23. The van der Waals surface area contributed by atoms with Crippen LogP contribution >= 0.6 is 0 Å². The quantitative estimate of drug-likeness (QED) is 0.892. The number of carbonyl (C=O) groups is 1. The van der Waals surface area contributed by atoms with Gasteiger partial charge in [0.15, 0.2) is 0 Å². The van der Waals surface area contributed by atoms with E-state index in [1.54, 1.807) is 6.07 Å². The Labute approximate surface area is 108 Å². The average molecular weight is 248 g/mol. The van der Waals surface area contributed by atoms with Crippen LogP contribution in [0, 0.1) is 5.92 Å². The van der Waals surface area contributed by atoms with Crippen LogP contribution in [-0.4, -0.2) is 33.5 Å². The Bertz CT molecular complexity index is 434. The van der Waals surface area contributed by atoms with Crippen molar-refractivity contribution in [2.75, 3.05) is 6.54 Å². The second-order valence-corrected chi connectivity index (χ2v) is 5.28. The third-order valence-corrected chi connectivity index (χ3v) is 3.64. The van der Waals surface area contributed by atoms with E-state index in [4.69, 9.17) is 5.11 Å². The fourth-order valence-corrected chi connectivity index (χ4v) is 2.50. The second kappa shape index (κ2) is 5.48. The SMILES string of the molecule is CC1CCC(C)N(Cc2cccc(C(=O)O)n2)C1. The number of aromatic carboxylic acids is 1. The van der Waals surface area contributed by atoms with E-state index in [0.717, 1.165) is 18.8 Å². The standard InChI is InChI=1S/C14H20N2O2/c1-10-6-7-11(2)16(8-10)9-12-4-3-5-13(15-12)14(17)18/h3-5,10-11H,6-9H2,1-2H3,(H,17,18). The van der Waals surface area contributed by atoms with Crippen LogP contribution < -0.4 is 0 Å². The van der Waals surface area contributed by atoms with Gasteiger partial charge in [0.25, 0.3) is 0 Å². The molecule has 0 saturated carbocycles. The van der Waals surface area contributed by atoms with Crippen molar-refractivity contribution in [3.63, 3.8) is 0 Å². The Kier molecular flexibility index (Phi) is 3.97. The fourth-order valence-electron chi connectivity index (χ4n) is 2.50. The lowest BCUT2D eigenvalue weighted by Crippen LogP contribution is -2.40. The molecule has 0 amide bonds. The van der Waals surface area contributed by atoms with Crippen LogP contribution in [-0.2, 0) is 6.54 Å². The van der Waals surface area contributed by atoms with Gasteiger partial charge in [0.05, 0.1) is 5.69 Å². The molecular formula is C14H20N2O2. The van der Waals surface area contributed by atoms with Gasteiger partial charge < -0.3 is 5.11 Å². The summed E-state index contributed by atoms with van der Waals surface area (Å²) in [6.07, 6.45) is 2.49. The third kappa shape index (κ3) is 3.07. The number of carboxylic acid groups (broad SMARTS) is 1. The number of rotatable bonds is 3. The summed E-state index contributed by atoms with van der Waals surface area (Å²) in [4.78, 5) is 17.5. The molecule has 2 atom stereocenters. The van der Waals surface area contributed by atoms with Crippen LogP contribution in [0.4, 0.5) is 0 Å². The Hall–Kier alpha value is -1.42. The molecule has 18 heavy (non-hydrogen) atoms. The molecule has 1 fully saturated rings. The molecule has 1 aromatic rings. The maximum absolute atomic E-state index is 10.9. The van der Waals surface area contributed by atoms with E-state index < -0.39 is 5.97 Å². The Morgan fingerprint density at radius 2 is 2.22 bits per heavy atom. The van der Waals surface area contributed by atoms with Gasteiger partial charge in [-0.25, -0.2) is 9.78 Å². The average Bonchev–Trinajstić information content (AvgIpc) is 2.34. The summed E-state index contributed by atoms with van der Waals surface area (Å²) < 4.78 is 0. The molecule has 0 bridgehead atoms. The first kappa shape index (κ1) is 13.0. The van der Waals surface area contributed by atoms with Gasteiger partial charge in [-0.3, -0.25) is 4.90 Å². The Morgan fingerprint density at radius 3 is 2.94 bits per heavy atom. The molecule has 0 radical (unpaired) electrons. The molecule has 98 valence electrons. The monoisotopic (exact) mass is 248 g/mol. The molecule has 1 aromatic heterocycles. The van der Waals surface area contributed by atoms with E-state index in [1.807, 2.05) is 6.07 Å². The zero-order valence-corrected chi connectivity index (χ0v) is 11.0. The molecule has 1 N–H and O–H groups in total. The molecule has 0 aliphatic carbocycles. The molecule has 0 spiro atoms. The van der Waals surface area contributed by atoms with Crippen molar-refractivity contribution in [2.24, 2.45) is 5.92 Å². The lowest BCUT2D eigenvalue weighted by molar-refractivity contribution is 0.0689. The molecule has 2 unspecified atom stereocenters. The molecule has 0 aromatic carbocycles. The Morgan fingerprint density at radius 1 is 1.44 bits per heavy atom. The third-order valence-electron chi connectivity index (χ3n) is 3.64. The molecule has 1 saturated heterocycles. The minimum Gasteiger partial charge on any atom is -0.477 e. The largest absolute Gasteiger partial charge is 0.477 e. The van der Waals surface area contributed by atoms with Crippen molar-refractivity contribution < 1.29 is 9.90 Å². The molecule has 4 nitrogen and oxygen atoms in total. The number of likely N-dealkylation sites (tertiary alicyclic amines) is 1. The van der Waals surface area contributed by atoms with Crippen molar-refractivity contribution in [3.8, 4) is 0 Å². The van der Waals surface area contributed by atoms with Crippen molar-refractivity contribution in [1.29, 1.82) is 0 Å². The maximum atomic E-state index is 10.9. The summed E-state index contributed by atoms with van der Waals surface area (Å²) in [5, 5.41) is 8.93. The molecule has 4 heteroatoms. The van der Waals surface area contributed by atoms with Crippen LogP contribution in [0.15, 0.2) is 18.2 Å². The van der Waals surface area contributed by atoms with Gasteiger partial charge >= 0.3 is 5.97 Å². The van der Waals surface area contributed by atoms with E-state index in [1.165, 1.54) is 18.9 Å². The molecule has 1 aliphatic heterocycles. The lowest BCUT2D eigenvalue weighted by Gasteiger charge is -2.36. The van der Waals surface area contributed by atoms with E-state index in [9.17, 15) is 4.79 Å². The first-order valence-electron chi connectivity index (χ1n) is 6.49. The number of aromatic nitrogens is 1. The number of hydrogen-bond acceptors (Lipinski definition) is 3. The van der Waals surface area contributed by atoms with Crippen LogP contribution in [0.25, 0.3) is 0 Å². The van der Waals surface area contributed by atoms with Gasteiger partial charge in [0.1, 0.15) is 5.69 Å². The number of nitrogens with zero attached hydrogens (tertiary/aromatic N) is 2. The molecular weight excluding hydrogens is 228 g/mol. The predicted octanol–water partition coefficient (Wildman–Crippen LogP) is 2.40. The summed E-state index contributed by atoms with van der Waals surface area (Å²) in [5.41, 5.74) is 0.973. The van der Waals surface area contributed by atoms with Gasteiger partial charge in [-0.05, 0) is 37.8 Å². The van der Waals surface area contributed by atoms with Crippen LogP contribution in [0.2, 0.25) is 0 Å². The van der Waals surface area contributed by atoms with Gasteiger partial charge in [-0.2, -0.15) is 0 Å². The van der Waals surface area contributed by atoms with E-state index in [-0.39, 0.29) is 5.69 Å². The van der Waals surface area contributed by atoms with E-state index in [0.29, 0.717) is 12.0 Å². The van der Waals surface area contributed by atoms with Gasteiger partial charge in [0.2, 0.25) is 0 Å². The first-order chi connectivity index (χ1) is 8.56.